The molecule has 0 atom stereocenters. The van der Waals surface area contributed by atoms with Gasteiger partial charge in [-0.05, 0) is 12.1 Å². The molecule has 0 radical (unpaired) electrons. The summed E-state index contributed by atoms with van der Waals surface area (Å²) in [6, 6.07) is 9.31. The molecule has 0 aromatic heterocycles. The van der Waals surface area contributed by atoms with Crippen molar-refractivity contribution >= 4 is 27.8 Å². The van der Waals surface area contributed by atoms with Gasteiger partial charge in [-0.25, -0.2) is 12.7 Å². The van der Waals surface area contributed by atoms with Gasteiger partial charge in [-0.3, -0.25) is 14.4 Å². The van der Waals surface area contributed by atoms with E-state index in [2.05, 4.69) is 0 Å². The summed E-state index contributed by atoms with van der Waals surface area (Å²) in [4.78, 5) is 37.3. The van der Waals surface area contributed by atoms with Crippen LogP contribution in [-0.4, -0.2) is 61.6 Å². The summed E-state index contributed by atoms with van der Waals surface area (Å²) in [5.74, 6) is -2.54. The Morgan fingerprint density at radius 2 is 1.71 bits per heavy atom. The molecule has 0 fully saturated rings. The van der Waals surface area contributed by atoms with Crippen molar-refractivity contribution in [2.24, 2.45) is 0 Å². The molecule has 1 aliphatic heterocycles. The molecule has 0 saturated heterocycles. The quantitative estimate of drug-likeness (QED) is 0.551. The minimum atomic E-state index is -4.15. The first-order valence-corrected chi connectivity index (χ1v) is 9.60. The van der Waals surface area contributed by atoms with E-state index in [1.807, 2.05) is 12.1 Å². The Bertz CT molecular complexity index is 958. The second-order valence-electron chi connectivity index (χ2n) is 5.67. The molecule has 1 aromatic rings. The third-order valence-corrected chi connectivity index (χ3v) is 5.67. The van der Waals surface area contributed by atoms with Gasteiger partial charge in [0.15, 0.2) is 6.61 Å². The van der Waals surface area contributed by atoms with Gasteiger partial charge in [0.25, 0.3) is 21.8 Å². The van der Waals surface area contributed by atoms with E-state index in [1.165, 1.54) is 29.2 Å². The number of fused-ring (bicyclic) bond motifs is 1. The van der Waals surface area contributed by atoms with Gasteiger partial charge >= 0.3 is 5.97 Å². The minimum Gasteiger partial charge on any atom is -0.454 e. The molecule has 0 unspecified atom stereocenters. The summed E-state index contributed by atoms with van der Waals surface area (Å²) in [5, 5.41) is 17.2. The maximum absolute atomic E-state index is 12.4. The predicted molar refractivity (Wildman–Crippen MR) is 92.7 cm³/mol. The lowest BCUT2D eigenvalue weighted by Gasteiger charge is -2.20. The van der Waals surface area contributed by atoms with Gasteiger partial charge in [0.05, 0.1) is 30.5 Å². The Labute approximate surface area is 161 Å². The molecule has 2 rings (SSSR count). The second kappa shape index (κ2) is 8.97. The largest absolute Gasteiger partial charge is 0.454 e. The molecule has 1 aliphatic rings. The SMILES string of the molecule is N#CCCN(CCC#N)C(=O)COC(=O)CN1C(=O)c2ccccc2S1(=O)=O. The molecule has 0 spiro atoms. The molecule has 11 heteroatoms. The Kier molecular flexibility index (Phi) is 6.69. The number of ether oxygens (including phenoxy) is 1. The fourth-order valence-corrected chi connectivity index (χ4v) is 4.03. The highest BCUT2D eigenvalue weighted by Gasteiger charge is 2.42. The average Bonchev–Trinajstić information content (AvgIpc) is 2.87. The summed E-state index contributed by atoms with van der Waals surface area (Å²) in [7, 11) is -4.15. The van der Waals surface area contributed by atoms with Crippen LogP contribution in [0.3, 0.4) is 0 Å². The van der Waals surface area contributed by atoms with Gasteiger partial charge in [-0.1, -0.05) is 12.1 Å². The lowest BCUT2D eigenvalue weighted by Crippen LogP contribution is -2.39. The van der Waals surface area contributed by atoms with Gasteiger partial charge in [-0.2, -0.15) is 10.5 Å². The van der Waals surface area contributed by atoms with Crippen LogP contribution in [0.4, 0.5) is 0 Å². The summed E-state index contributed by atoms with van der Waals surface area (Å²) < 4.78 is 29.9. The van der Waals surface area contributed by atoms with E-state index in [0.717, 1.165) is 0 Å². The summed E-state index contributed by atoms with van der Waals surface area (Å²) in [6.07, 6.45) is 0.0911. The Hall–Kier alpha value is -3.44. The standard InChI is InChI=1S/C17H16N4O6S/c18-7-3-9-20(10-4-8-19)15(22)12-27-16(23)11-21-17(24)13-5-1-2-6-14(13)28(21,25)26/h1-2,5-6H,3-4,9-12H2. The topological polar surface area (TPSA) is 149 Å². The van der Waals surface area contributed by atoms with Crippen molar-refractivity contribution in [2.45, 2.75) is 17.7 Å². The number of amides is 2. The number of hydrogen-bond donors (Lipinski definition) is 0. The monoisotopic (exact) mass is 404 g/mol. The number of hydrogen-bond acceptors (Lipinski definition) is 8. The number of nitrogens with zero attached hydrogens (tertiary/aromatic N) is 4. The van der Waals surface area contributed by atoms with Crippen molar-refractivity contribution in [3.63, 3.8) is 0 Å². The van der Waals surface area contributed by atoms with Crippen molar-refractivity contribution in [1.82, 2.24) is 9.21 Å². The zero-order chi connectivity index (χ0) is 20.7. The van der Waals surface area contributed by atoms with Crippen LogP contribution >= 0.6 is 0 Å². The molecule has 0 N–H and O–H groups in total. The third-order valence-electron chi connectivity index (χ3n) is 3.88. The molecule has 1 heterocycles. The molecule has 10 nitrogen and oxygen atoms in total. The number of carbonyl (C=O) groups is 3. The normalized spacial score (nSPS) is 13.9. The Morgan fingerprint density at radius 3 is 2.29 bits per heavy atom. The van der Waals surface area contributed by atoms with Gasteiger partial charge in [0, 0.05) is 13.1 Å². The van der Waals surface area contributed by atoms with E-state index in [0.29, 0.717) is 4.31 Å². The van der Waals surface area contributed by atoms with Crippen molar-refractivity contribution < 1.29 is 27.5 Å². The number of nitriles is 2. The highest BCUT2D eigenvalue weighted by Crippen LogP contribution is 2.29. The fourth-order valence-electron chi connectivity index (χ4n) is 2.51. The fraction of sp³-hybridized carbons (Fsp3) is 0.353. The van der Waals surface area contributed by atoms with Crippen LogP contribution in [0.5, 0.6) is 0 Å². The Morgan fingerprint density at radius 1 is 1.11 bits per heavy atom. The molecule has 146 valence electrons. The molecule has 0 aliphatic carbocycles. The average molecular weight is 404 g/mol. The first kappa shape index (κ1) is 20.9. The van der Waals surface area contributed by atoms with E-state index in [1.54, 1.807) is 0 Å². The number of sulfonamides is 1. The van der Waals surface area contributed by atoms with Crippen LogP contribution in [0.25, 0.3) is 0 Å². The molecule has 28 heavy (non-hydrogen) atoms. The summed E-state index contributed by atoms with van der Waals surface area (Å²) in [5.41, 5.74) is -0.0365. The minimum absolute atomic E-state index is 0.0365. The summed E-state index contributed by atoms with van der Waals surface area (Å²) >= 11 is 0. The first-order chi connectivity index (χ1) is 13.3. The number of esters is 1. The van der Waals surface area contributed by atoms with Crippen molar-refractivity contribution in [2.75, 3.05) is 26.2 Å². The number of rotatable bonds is 8. The smallest absolute Gasteiger partial charge is 0.327 e. The molecule has 2 amide bonds. The second-order valence-corrected chi connectivity index (χ2v) is 7.50. The Balaban J connectivity index is 1.97. The highest BCUT2D eigenvalue weighted by atomic mass is 32.2. The van der Waals surface area contributed by atoms with Crippen molar-refractivity contribution in [3.8, 4) is 12.1 Å². The molecular formula is C17H16N4O6S. The number of carbonyl (C=O) groups excluding carboxylic acids is 3. The number of benzene rings is 1. The first-order valence-electron chi connectivity index (χ1n) is 8.16. The molecular weight excluding hydrogens is 388 g/mol. The molecule has 1 aromatic carbocycles. The molecule has 0 bridgehead atoms. The summed E-state index contributed by atoms with van der Waals surface area (Å²) in [6.45, 7) is -1.41. The lowest BCUT2D eigenvalue weighted by molar-refractivity contribution is -0.151. The maximum atomic E-state index is 12.4. The zero-order valence-electron chi connectivity index (χ0n) is 14.7. The van der Waals surface area contributed by atoms with Crippen molar-refractivity contribution in [3.05, 3.63) is 29.8 Å². The van der Waals surface area contributed by atoms with E-state index < -0.39 is 41.0 Å². The lowest BCUT2D eigenvalue weighted by atomic mass is 10.2. The molecule has 0 saturated carbocycles. The third kappa shape index (κ3) is 4.45. The van der Waals surface area contributed by atoms with Gasteiger partial charge in [0.1, 0.15) is 11.4 Å². The highest BCUT2D eigenvalue weighted by molar-refractivity contribution is 7.90. The van der Waals surface area contributed by atoms with Crippen LogP contribution in [-0.2, 0) is 24.3 Å². The van der Waals surface area contributed by atoms with Gasteiger partial charge in [-0.15, -0.1) is 0 Å². The zero-order valence-corrected chi connectivity index (χ0v) is 15.5. The van der Waals surface area contributed by atoms with Crippen LogP contribution in [0.15, 0.2) is 29.2 Å². The van der Waals surface area contributed by atoms with Gasteiger partial charge < -0.3 is 9.64 Å². The van der Waals surface area contributed by atoms with Crippen LogP contribution in [0.2, 0.25) is 0 Å². The van der Waals surface area contributed by atoms with Crippen LogP contribution < -0.4 is 0 Å². The van der Waals surface area contributed by atoms with Crippen LogP contribution in [0.1, 0.15) is 23.2 Å². The van der Waals surface area contributed by atoms with E-state index in [9.17, 15) is 22.8 Å². The predicted octanol–water partition coefficient (Wildman–Crippen LogP) is 0.0303. The van der Waals surface area contributed by atoms with E-state index >= 15 is 0 Å². The van der Waals surface area contributed by atoms with E-state index in [4.69, 9.17) is 15.3 Å². The van der Waals surface area contributed by atoms with Gasteiger partial charge in [0.2, 0.25) is 0 Å². The maximum Gasteiger partial charge on any atom is 0.327 e. The van der Waals surface area contributed by atoms with E-state index in [-0.39, 0.29) is 36.4 Å². The van der Waals surface area contributed by atoms with Crippen molar-refractivity contribution in [1.29, 1.82) is 10.5 Å². The van der Waals surface area contributed by atoms with Crippen LogP contribution in [0, 0.1) is 22.7 Å².